The summed E-state index contributed by atoms with van der Waals surface area (Å²) in [6.45, 7) is 4.06. The molecule has 4 rings (SSSR count). The fourth-order valence-corrected chi connectivity index (χ4v) is 3.36. The summed E-state index contributed by atoms with van der Waals surface area (Å²) in [5, 5.41) is 0. The number of nitrogen functional groups attached to an aromatic ring is 2. The first kappa shape index (κ1) is 19.4. The summed E-state index contributed by atoms with van der Waals surface area (Å²) < 4.78 is 12.5. The minimum atomic E-state index is 0.648. The van der Waals surface area contributed by atoms with E-state index >= 15 is 0 Å². The first-order chi connectivity index (χ1) is 14.5. The van der Waals surface area contributed by atoms with E-state index in [-0.39, 0.29) is 0 Å². The zero-order valence-corrected chi connectivity index (χ0v) is 17.1. The molecule has 0 amide bonds. The van der Waals surface area contributed by atoms with Gasteiger partial charge in [-0.05, 0) is 55.8 Å². The summed E-state index contributed by atoms with van der Waals surface area (Å²) in [7, 11) is 0. The van der Waals surface area contributed by atoms with Crippen molar-refractivity contribution in [3.8, 4) is 34.1 Å². The summed E-state index contributed by atoms with van der Waals surface area (Å²) in [5.74, 6) is 2.79. The largest absolute Gasteiger partial charge is 0.457 e. The van der Waals surface area contributed by atoms with Gasteiger partial charge < -0.3 is 20.9 Å². The number of anilines is 2. The van der Waals surface area contributed by atoms with Gasteiger partial charge in [-0.15, -0.1) is 0 Å². The van der Waals surface area contributed by atoms with Gasteiger partial charge in [0.25, 0.3) is 0 Å². The smallest absolute Gasteiger partial charge is 0.141 e. The first-order valence-corrected chi connectivity index (χ1v) is 9.77. The Morgan fingerprint density at radius 1 is 0.633 bits per heavy atom. The van der Waals surface area contributed by atoms with Crippen molar-refractivity contribution < 1.29 is 9.47 Å². The van der Waals surface area contributed by atoms with Crippen LogP contribution in [0.25, 0.3) is 11.1 Å². The van der Waals surface area contributed by atoms with Crippen LogP contribution in [0.1, 0.15) is 11.1 Å². The van der Waals surface area contributed by atoms with Crippen molar-refractivity contribution in [2.75, 3.05) is 11.5 Å². The summed E-state index contributed by atoms with van der Waals surface area (Å²) in [4.78, 5) is 0. The molecular formula is C26H24N2O2. The molecule has 30 heavy (non-hydrogen) atoms. The third-order valence-electron chi connectivity index (χ3n) is 4.85. The van der Waals surface area contributed by atoms with E-state index in [0.29, 0.717) is 28.6 Å². The van der Waals surface area contributed by atoms with Crippen molar-refractivity contribution in [1.82, 2.24) is 0 Å². The molecule has 0 bridgehead atoms. The van der Waals surface area contributed by atoms with Crippen LogP contribution in [0.15, 0.2) is 84.9 Å². The highest BCUT2D eigenvalue weighted by Gasteiger charge is 2.16. The molecule has 0 heterocycles. The molecule has 0 saturated carbocycles. The minimum absolute atomic E-state index is 0.648. The molecule has 0 unspecified atom stereocenters. The Morgan fingerprint density at radius 2 is 1.27 bits per heavy atom. The Kier molecular flexibility index (Phi) is 5.31. The highest BCUT2D eigenvalue weighted by molar-refractivity contribution is 5.75. The van der Waals surface area contributed by atoms with E-state index in [2.05, 4.69) is 25.1 Å². The molecule has 0 aromatic heterocycles. The minimum Gasteiger partial charge on any atom is -0.457 e. The third kappa shape index (κ3) is 4.23. The van der Waals surface area contributed by atoms with E-state index in [0.717, 1.165) is 22.4 Å². The number of rotatable bonds is 5. The number of nitrogens with two attached hydrogens (primary N) is 2. The second kappa shape index (κ2) is 8.21. The van der Waals surface area contributed by atoms with Gasteiger partial charge in [0, 0.05) is 34.6 Å². The van der Waals surface area contributed by atoms with Crippen LogP contribution in [0.3, 0.4) is 0 Å². The van der Waals surface area contributed by atoms with E-state index in [9.17, 15) is 0 Å². The zero-order valence-electron chi connectivity index (χ0n) is 17.1. The van der Waals surface area contributed by atoms with Crippen LogP contribution in [0.2, 0.25) is 0 Å². The quantitative estimate of drug-likeness (QED) is 0.367. The van der Waals surface area contributed by atoms with Gasteiger partial charge in [0.2, 0.25) is 0 Å². The second-order valence-electron chi connectivity index (χ2n) is 7.28. The SMILES string of the molecule is Cc1cccc(-c2ccc(Oc3cccc(N)c3)c(C)c2Oc2cccc(N)c2)c1. The van der Waals surface area contributed by atoms with Crippen molar-refractivity contribution in [3.05, 3.63) is 96.1 Å². The van der Waals surface area contributed by atoms with Crippen LogP contribution in [0.5, 0.6) is 23.0 Å². The average molecular weight is 396 g/mol. The fourth-order valence-electron chi connectivity index (χ4n) is 3.36. The normalized spacial score (nSPS) is 10.6. The zero-order chi connectivity index (χ0) is 21.1. The first-order valence-electron chi connectivity index (χ1n) is 9.77. The molecule has 150 valence electrons. The number of ether oxygens (including phenoxy) is 2. The molecule has 0 aliphatic rings. The van der Waals surface area contributed by atoms with Crippen LogP contribution in [0, 0.1) is 13.8 Å². The molecular weight excluding hydrogens is 372 g/mol. The molecule has 4 nitrogen and oxygen atoms in total. The van der Waals surface area contributed by atoms with Gasteiger partial charge in [-0.2, -0.15) is 0 Å². The molecule has 4 aromatic carbocycles. The molecule has 0 spiro atoms. The van der Waals surface area contributed by atoms with Gasteiger partial charge >= 0.3 is 0 Å². The van der Waals surface area contributed by atoms with Crippen LogP contribution in [0.4, 0.5) is 11.4 Å². The highest BCUT2D eigenvalue weighted by Crippen LogP contribution is 2.42. The van der Waals surface area contributed by atoms with Gasteiger partial charge in [0.15, 0.2) is 0 Å². The molecule has 0 fully saturated rings. The third-order valence-corrected chi connectivity index (χ3v) is 4.85. The van der Waals surface area contributed by atoms with E-state index in [4.69, 9.17) is 20.9 Å². The lowest BCUT2D eigenvalue weighted by Gasteiger charge is -2.18. The lowest BCUT2D eigenvalue weighted by Crippen LogP contribution is -1.96. The monoisotopic (exact) mass is 396 g/mol. The molecule has 4 aromatic rings. The summed E-state index contributed by atoms with van der Waals surface area (Å²) >= 11 is 0. The van der Waals surface area contributed by atoms with Crippen molar-refractivity contribution in [2.24, 2.45) is 0 Å². The van der Waals surface area contributed by atoms with E-state index in [1.165, 1.54) is 5.56 Å². The van der Waals surface area contributed by atoms with Gasteiger partial charge in [-0.3, -0.25) is 0 Å². The van der Waals surface area contributed by atoms with Crippen LogP contribution in [-0.2, 0) is 0 Å². The van der Waals surface area contributed by atoms with Crippen molar-refractivity contribution in [1.29, 1.82) is 0 Å². The van der Waals surface area contributed by atoms with Crippen LogP contribution >= 0.6 is 0 Å². The Hall–Kier alpha value is -3.92. The van der Waals surface area contributed by atoms with E-state index < -0.39 is 0 Å². The van der Waals surface area contributed by atoms with Crippen molar-refractivity contribution in [2.45, 2.75) is 13.8 Å². The molecule has 0 saturated heterocycles. The average Bonchev–Trinajstić information content (AvgIpc) is 2.71. The van der Waals surface area contributed by atoms with E-state index in [1.807, 2.05) is 67.6 Å². The molecule has 4 heteroatoms. The van der Waals surface area contributed by atoms with Gasteiger partial charge in [-0.25, -0.2) is 0 Å². The lowest BCUT2D eigenvalue weighted by molar-refractivity contribution is 0.455. The maximum absolute atomic E-state index is 6.33. The second-order valence-corrected chi connectivity index (χ2v) is 7.28. The van der Waals surface area contributed by atoms with Crippen LogP contribution in [-0.4, -0.2) is 0 Å². The van der Waals surface area contributed by atoms with Crippen molar-refractivity contribution in [3.63, 3.8) is 0 Å². The molecule has 4 N–H and O–H groups in total. The molecule has 0 aliphatic heterocycles. The number of aryl methyl sites for hydroxylation is 1. The summed E-state index contributed by atoms with van der Waals surface area (Å²) in [6, 6.07) is 27.1. The number of hydrogen-bond donors (Lipinski definition) is 2. The molecule has 0 aliphatic carbocycles. The topological polar surface area (TPSA) is 70.5 Å². The molecule has 0 radical (unpaired) electrons. The maximum Gasteiger partial charge on any atom is 0.141 e. The highest BCUT2D eigenvalue weighted by atomic mass is 16.5. The summed E-state index contributed by atoms with van der Waals surface area (Å²) in [6.07, 6.45) is 0. The summed E-state index contributed by atoms with van der Waals surface area (Å²) in [5.41, 5.74) is 17.3. The van der Waals surface area contributed by atoms with Gasteiger partial charge in [0.05, 0.1) is 0 Å². The lowest BCUT2D eigenvalue weighted by atomic mass is 9.99. The van der Waals surface area contributed by atoms with Crippen LogP contribution < -0.4 is 20.9 Å². The van der Waals surface area contributed by atoms with Crippen molar-refractivity contribution >= 4 is 11.4 Å². The number of benzene rings is 4. The Balaban J connectivity index is 1.81. The van der Waals surface area contributed by atoms with Gasteiger partial charge in [-0.1, -0.05) is 42.0 Å². The fraction of sp³-hybridized carbons (Fsp3) is 0.0769. The Labute approximate surface area is 176 Å². The number of hydrogen-bond acceptors (Lipinski definition) is 4. The maximum atomic E-state index is 6.33. The standard InChI is InChI=1S/C26H24N2O2/c1-17-6-3-7-19(14-17)24-12-13-25(29-22-10-4-8-20(27)15-22)18(2)26(24)30-23-11-5-9-21(28)16-23/h3-16H,27-28H2,1-2H3. The Bertz CT molecular complexity index is 1200. The predicted molar refractivity (Wildman–Crippen MR) is 123 cm³/mol. The van der Waals surface area contributed by atoms with Gasteiger partial charge in [0.1, 0.15) is 23.0 Å². The predicted octanol–water partition coefficient (Wildman–Crippen LogP) is 6.72. The Morgan fingerprint density at radius 3 is 1.90 bits per heavy atom. The molecule has 0 atom stereocenters. The van der Waals surface area contributed by atoms with E-state index in [1.54, 1.807) is 6.07 Å².